The van der Waals surface area contributed by atoms with Crippen molar-refractivity contribution in [1.82, 2.24) is 19.5 Å². The average molecular weight is 730 g/mol. The van der Waals surface area contributed by atoms with Gasteiger partial charge in [0.15, 0.2) is 5.65 Å². The summed E-state index contributed by atoms with van der Waals surface area (Å²) in [7, 11) is 0. The Morgan fingerprint density at radius 2 is 1.48 bits per heavy atom. The highest BCUT2D eigenvalue weighted by Gasteiger charge is 2.50. The third kappa shape index (κ3) is 8.40. The molecule has 8 heteroatoms. The van der Waals surface area contributed by atoms with Crippen molar-refractivity contribution in [2.24, 2.45) is 28.2 Å². The van der Waals surface area contributed by atoms with Gasteiger partial charge in [0, 0.05) is 56.5 Å². The molecule has 1 aliphatic heterocycles. The second-order valence-corrected chi connectivity index (χ2v) is 17.4. The number of aliphatic hydroxyl groups is 1. The molecule has 0 unspecified atom stereocenters. The van der Waals surface area contributed by atoms with Gasteiger partial charge in [-0.15, -0.1) is 0 Å². The van der Waals surface area contributed by atoms with Crippen molar-refractivity contribution in [2.75, 3.05) is 50.8 Å². The van der Waals surface area contributed by atoms with Crippen LogP contribution >= 0.6 is 0 Å². The fourth-order valence-corrected chi connectivity index (χ4v) is 11.1. The molecule has 1 N–H and O–H groups in total. The molecule has 4 aromatic rings. The van der Waals surface area contributed by atoms with E-state index in [9.17, 15) is 10.2 Å². The van der Waals surface area contributed by atoms with Crippen molar-refractivity contribution in [3.63, 3.8) is 0 Å². The molecule has 0 spiro atoms. The van der Waals surface area contributed by atoms with E-state index in [4.69, 9.17) is 10.1 Å². The third-order valence-corrected chi connectivity index (χ3v) is 13.3. The van der Waals surface area contributed by atoms with Gasteiger partial charge in [-0.25, -0.2) is 4.98 Å². The van der Waals surface area contributed by atoms with Crippen LogP contribution in [0.2, 0.25) is 0 Å². The predicted octanol–water partition coefficient (Wildman–Crippen LogP) is 8.12. The first kappa shape index (κ1) is 37.2. The van der Waals surface area contributed by atoms with Gasteiger partial charge in [0.2, 0.25) is 0 Å². The Morgan fingerprint density at radius 3 is 2.19 bits per heavy atom. The first-order valence-electron chi connectivity index (χ1n) is 21.3. The Morgan fingerprint density at radius 1 is 0.833 bits per heavy atom. The van der Waals surface area contributed by atoms with E-state index in [2.05, 4.69) is 86.9 Å². The van der Waals surface area contributed by atoms with Crippen molar-refractivity contribution in [1.29, 1.82) is 0 Å². The maximum absolute atomic E-state index is 12.8. The minimum atomic E-state index is 0.192. The predicted molar refractivity (Wildman–Crippen MR) is 218 cm³/mol. The van der Waals surface area contributed by atoms with E-state index in [1.165, 1.54) is 81.8 Å². The highest BCUT2D eigenvalue weighted by Crippen LogP contribution is 2.61. The highest BCUT2D eigenvalue weighted by atomic mass is 16.3. The summed E-state index contributed by atoms with van der Waals surface area (Å²) in [4.78, 5) is 14.6. The van der Waals surface area contributed by atoms with Crippen LogP contribution in [0.25, 0.3) is 28.0 Å². The number of piperazine rings is 1. The van der Waals surface area contributed by atoms with Gasteiger partial charge < -0.3 is 20.1 Å². The molecule has 4 aliphatic carbocycles. The van der Waals surface area contributed by atoms with Crippen LogP contribution in [-0.2, 0) is 6.42 Å². The Bertz CT molecular complexity index is 1840. The molecule has 1 saturated heterocycles. The topological polar surface area (TPSA) is 92.3 Å². The van der Waals surface area contributed by atoms with Crippen LogP contribution in [0.4, 0.5) is 5.82 Å². The number of aromatic nitrogens is 3. The summed E-state index contributed by atoms with van der Waals surface area (Å²) in [5.74, 6) is 3.97. The number of fused-ring (bicyclic) bond motifs is 1. The van der Waals surface area contributed by atoms with E-state index in [0.717, 1.165) is 117 Å². The zero-order chi connectivity index (χ0) is 36.9. The maximum Gasteiger partial charge on any atom is 0.166 e. The minimum Gasteiger partial charge on any atom is -0.862 e. The molecule has 5 fully saturated rings. The molecule has 3 heterocycles. The van der Waals surface area contributed by atoms with E-state index < -0.39 is 0 Å². The Labute approximate surface area is 322 Å². The smallest absolute Gasteiger partial charge is 0.166 e. The van der Waals surface area contributed by atoms with Crippen LogP contribution in [0, 0.1) is 30.1 Å². The molecule has 288 valence electrons. The molecule has 2 aromatic carbocycles. The number of aryl methyl sites for hydroxylation is 2. The summed E-state index contributed by atoms with van der Waals surface area (Å²) in [6.45, 7) is 7.36. The lowest BCUT2D eigenvalue weighted by Gasteiger charge is -2.57. The Hall–Kier alpha value is -3.75. The lowest BCUT2D eigenvalue weighted by Crippen LogP contribution is -2.47. The molecule has 5 aliphatic rings. The molecule has 4 bridgehead atoms. The first-order chi connectivity index (χ1) is 26.5. The number of unbranched alkanes of at least 4 members (excludes halogenated alkanes) is 6. The van der Waals surface area contributed by atoms with Crippen LogP contribution in [-0.4, -0.2) is 76.4 Å². The van der Waals surface area contributed by atoms with Crippen molar-refractivity contribution in [3.8, 4) is 22.4 Å². The molecular weight excluding hydrogens is 669 g/mol. The number of benzene rings is 2. The fourth-order valence-electron chi connectivity index (χ4n) is 11.1. The second-order valence-electron chi connectivity index (χ2n) is 17.4. The largest absolute Gasteiger partial charge is 0.862 e. The summed E-state index contributed by atoms with van der Waals surface area (Å²) < 4.78 is 2.07. The zero-order valence-corrected chi connectivity index (χ0v) is 32.6. The van der Waals surface area contributed by atoms with Gasteiger partial charge in [-0.05, 0) is 111 Å². The van der Waals surface area contributed by atoms with E-state index in [-0.39, 0.29) is 12.5 Å². The normalized spacial score (nSPS) is 24.2. The van der Waals surface area contributed by atoms with Gasteiger partial charge in [-0.3, -0.25) is 4.90 Å². The third-order valence-electron chi connectivity index (χ3n) is 13.3. The quantitative estimate of drug-likeness (QED) is 0.0671. The Balaban J connectivity index is 0.854. The average Bonchev–Trinajstić information content (AvgIpc) is 3.50. The summed E-state index contributed by atoms with van der Waals surface area (Å²) in [5, 5.41) is 27.4. The number of β-amino-alcohol motifs (C(OH)–C–C–N with tert-alkyl or cyclic N) is 1. The highest BCUT2D eigenvalue weighted by molar-refractivity contribution is 5.84. The van der Waals surface area contributed by atoms with Crippen LogP contribution in [0.3, 0.4) is 0 Å². The Kier molecular flexibility index (Phi) is 11.7. The summed E-state index contributed by atoms with van der Waals surface area (Å²) in [5.41, 5.74) is 8.03. The van der Waals surface area contributed by atoms with Gasteiger partial charge in [0.05, 0.1) is 18.0 Å². The van der Waals surface area contributed by atoms with Gasteiger partial charge in [0.1, 0.15) is 5.82 Å². The standard InChI is InChI=1S/C46H62N6O2/c1-34-44(45-48-41(39-16-9-7-10-17-39)29-43(52(45)49-34)51-22-20-50(21-23-51)24-25-53)40-18-12-11-15-38(40)14-8-5-3-2-4-6-13-19-47-42(54)33-46-30-35-26-36(31-46)28-37(27-35)32-46/h7,9-12,15-18,29,35-37,53H,2-6,8,13-14,19-28,30-33H2,1H3,(H,47,54)/p-1. The number of hydrogen-bond donors (Lipinski definition) is 1. The summed E-state index contributed by atoms with van der Waals surface area (Å²) in [6.07, 6.45) is 18.3. The van der Waals surface area contributed by atoms with Crippen LogP contribution in [0.15, 0.2) is 65.7 Å². The maximum atomic E-state index is 12.8. The zero-order valence-electron chi connectivity index (χ0n) is 32.6. The molecular formula is C46H61N6O2-. The number of hydrogen-bond acceptors (Lipinski definition) is 7. The summed E-state index contributed by atoms with van der Waals surface area (Å²) in [6, 6.07) is 21.5. The van der Waals surface area contributed by atoms with Gasteiger partial charge >= 0.3 is 0 Å². The molecule has 0 atom stereocenters. The molecule has 0 radical (unpaired) electrons. The van der Waals surface area contributed by atoms with Gasteiger partial charge in [0.25, 0.3) is 0 Å². The molecule has 8 nitrogen and oxygen atoms in total. The van der Waals surface area contributed by atoms with E-state index >= 15 is 0 Å². The van der Waals surface area contributed by atoms with Crippen molar-refractivity contribution in [3.05, 3.63) is 71.9 Å². The lowest BCUT2D eigenvalue weighted by molar-refractivity contribution is -0.224. The molecule has 0 amide bonds. The SMILES string of the molecule is Cc1nn2c(N3CCN(CCO)CC3)cc(-c3ccccc3)nc2c1-c1ccccc1CCCCCCCCCN=C([O-])CC12CC3CC(CC(C3)C1)C2. The molecule has 2 aromatic heterocycles. The lowest BCUT2D eigenvalue weighted by atomic mass is 9.49. The fraction of sp³-hybridized carbons (Fsp3) is 0.587. The van der Waals surface area contributed by atoms with E-state index in [1.54, 1.807) is 0 Å². The van der Waals surface area contributed by atoms with E-state index in [1.807, 2.05) is 0 Å². The molecule has 54 heavy (non-hydrogen) atoms. The summed E-state index contributed by atoms with van der Waals surface area (Å²) >= 11 is 0. The van der Waals surface area contributed by atoms with E-state index in [0.29, 0.717) is 5.41 Å². The number of aliphatic hydroxyl groups excluding tert-OH is 1. The van der Waals surface area contributed by atoms with Crippen molar-refractivity contribution in [2.45, 2.75) is 103 Å². The first-order valence-corrected chi connectivity index (χ1v) is 21.3. The second kappa shape index (κ2) is 16.9. The molecule has 9 rings (SSSR count). The molecule has 4 saturated carbocycles. The van der Waals surface area contributed by atoms with Crippen molar-refractivity contribution >= 4 is 17.4 Å². The van der Waals surface area contributed by atoms with Gasteiger partial charge in [-0.2, -0.15) is 9.61 Å². The number of nitrogens with zero attached hydrogens (tertiary/aromatic N) is 6. The number of rotatable bonds is 17. The van der Waals surface area contributed by atoms with Gasteiger partial charge in [-0.1, -0.05) is 86.7 Å². The number of aliphatic imine (C=N–C) groups is 1. The van der Waals surface area contributed by atoms with Crippen LogP contribution < -0.4 is 10.0 Å². The van der Waals surface area contributed by atoms with Crippen LogP contribution in [0.5, 0.6) is 0 Å². The minimum absolute atomic E-state index is 0.192. The monoisotopic (exact) mass is 729 g/mol. The van der Waals surface area contributed by atoms with Crippen LogP contribution in [0.1, 0.15) is 101 Å². The number of anilines is 1. The van der Waals surface area contributed by atoms with Crippen molar-refractivity contribution < 1.29 is 10.2 Å².